The van der Waals surface area contributed by atoms with Gasteiger partial charge in [-0.05, 0) is 26.0 Å². The van der Waals surface area contributed by atoms with Gasteiger partial charge < -0.3 is 4.74 Å². The molecule has 120 valence electrons. The lowest BCUT2D eigenvalue weighted by atomic mass is 10.3. The van der Waals surface area contributed by atoms with Crippen molar-refractivity contribution in [1.29, 1.82) is 0 Å². The molecule has 0 bridgehead atoms. The van der Waals surface area contributed by atoms with Crippen molar-refractivity contribution >= 4 is 11.8 Å². The van der Waals surface area contributed by atoms with E-state index in [2.05, 4.69) is 20.8 Å². The highest BCUT2D eigenvalue weighted by atomic mass is 19.1. The molecule has 8 heteroatoms. The number of hydrogen-bond acceptors (Lipinski definition) is 5. The molecule has 0 radical (unpaired) electrons. The van der Waals surface area contributed by atoms with Gasteiger partial charge in [-0.1, -0.05) is 12.1 Å². The number of nitrogens with zero attached hydrogens (tertiary/aromatic N) is 2. The molecule has 0 aliphatic carbocycles. The zero-order valence-electron chi connectivity index (χ0n) is 12.5. The average Bonchev–Trinajstić information content (AvgIpc) is 2.55. The molecule has 1 heterocycles. The number of carbonyl (C=O) groups excluding carboxylic acids is 2. The van der Waals surface area contributed by atoms with Gasteiger partial charge in [-0.3, -0.25) is 25.4 Å². The van der Waals surface area contributed by atoms with Crippen molar-refractivity contribution in [2.24, 2.45) is 0 Å². The van der Waals surface area contributed by atoms with Gasteiger partial charge in [0, 0.05) is 6.20 Å². The van der Waals surface area contributed by atoms with E-state index in [1.165, 1.54) is 37.5 Å². The third-order valence-corrected chi connectivity index (χ3v) is 2.82. The second-order valence-corrected chi connectivity index (χ2v) is 4.68. The minimum absolute atomic E-state index is 0.0501. The molecule has 2 rings (SSSR count). The number of ether oxygens (including phenoxy) is 1. The molecule has 0 fully saturated rings. The minimum atomic E-state index is -1.00. The number of para-hydroxylation sites is 1. The van der Waals surface area contributed by atoms with E-state index in [4.69, 9.17) is 4.74 Å². The van der Waals surface area contributed by atoms with Gasteiger partial charge in [-0.15, -0.1) is 0 Å². The monoisotopic (exact) mass is 318 g/mol. The van der Waals surface area contributed by atoms with Crippen LogP contribution in [-0.2, 0) is 4.79 Å². The van der Waals surface area contributed by atoms with Crippen LogP contribution in [0.2, 0.25) is 0 Å². The fraction of sp³-hybridized carbons (Fsp3) is 0.200. The molecule has 2 amide bonds. The summed E-state index contributed by atoms with van der Waals surface area (Å²) in [5, 5.41) is 0. The normalized spacial score (nSPS) is 11.4. The van der Waals surface area contributed by atoms with E-state index in [1.54, 1.807) is 13.0 Å². The second-order valence-electron chi connectivity index (χ2n) is 4.68. The van der Waals surface area contributed by atoms with Crippen LogP contribution in [0.4, 0.5) is 4.39 Å². The van der Waals surface area contributed by atoms with Gasteiger partial charge in [0.1, 0.15) is 5.69 Å². The molecule has 7 nitrogen and oxygen atoms in total. The third kappa shape index (κ3) is 4.47. The summed E-state index contributed by atoms with van der Waals surface area (Å²) in [5.74, 6) is -1.89. The van der Waals surface area contributed by atoms with Crippen molar-refractivity contribution in [3.8, 4) is 5.75 Å². The lowest BCUT2D eigenvalue weighted by molar-refractivity contribution is -0.128. The number of aromatic nitrogens is 2. The quantitative estimate of drug-likeness (QED) is 0.825. The third-order valence-electron chi connectivity index (χ3n) is 2.82. The van der Waals surface area contributed by atoms with Crippen LogP contribution in [0, 0.1) is 12.7 Å². The Morgan fingerprint density at radius 3 is 2.57 bits per heavy atom. The van der Waals surface area contributed by atoms with E-state index in [-0.39, 0.29) is 11.4 Å². The van der Waals surface area contributed by atoms with Crippen molar-refractivity contribution in [2.45, 2.75) is 20.0 Å². The van der Waals surface area contributed by atoms with Crippen molar-refractivity contribution in [1.82, 2.24) is 20.8 Å². The number of aryl methyl sites for hydroxylation is 1. The molecule has 1 aromatic carbocycles. The first-order valence-corrected chi connectivity index (χ1v) is 6.77. The van der Waals surface area contributed by atoms with Crippen LogP contribution in [0.3, 0.4) is 0 Å². The van der Waals surface area contributed by atoms with Gasteiger partial charge in [0.15, 0.2) is 17.7 Å². The van der Waals surface area contributed by atoms with Crippen LogP contribution in [0.15, 0.2) is 36.7 Å². The predicted octanol–water partition coefficient (Wildman–Crippen LogP) is 1.15. The number of carbonyl (C=O) groups is 2. The Hall–Kier alpha value is -3.03. The molecule has 1 unspecified atom stereocenters. The Balaban J connectivity index is 1.87. The van der Waals surface area contributed by atoms with E-state index >= 15 is 0 Å². The molecule has 0 saturated carbocycles. The number of benzene rings is 1. The summed E-state index contributed by atoms with van der Waals surface area (Å²) in [6.07, 6.45) is 1.72. The first-order valence-electron chi connectivity index (χ1n) is 6.77. The Morgan fingerprint density at radius 2 is 1.91 bits per heavy atom. The van der Waals surface area contributed by atoms with Crippen LogP contribution in [0.5, 0.6) is 5.75 Å². The fourth-order valence-electron chi connectivity index (χ4n) is 1.58. The van der Waals surface area contributed by atoms with Crippen molar-refractivity contribution in [2.75, 3.05) is 0 Å². The minimum Gasteiger partial charge on any atom is -0.478 e. The molecule has 2 N–H and O–H groups in total. The Kier molecular flexibility index (Phi) is 5.19. The van der Waals surface area contributed by atoms with Gasteiger partial charge >= 0.3 is 0 Å². The fourth-order valence-corrected chi connectivity index (χ4v) is 1.58. The molecule has 0 aliphatic rings. The van der Waals surface area contributed by atoms with Crippen LogP contribution >= 0.6 is 0 Å². The van der Waals surface area contributed by atoms with Crippen molar-refractivity contribution in [3.05, 3.63) is 53.9 Å². The lowest BCUT2D eigenvalue weighted by Crippen LogP contribution is -2.47. The zero-order chi connectivity index (χ0) is 16.8. The maximum atomic E-state index is 13.4. The number of hydrogen-bond donors (Lipinski definition) is 2. The highest BCUT2D eigenvalue weighted by molar-refractivity contribution is 5.93. The Labute approximate surface area is 131 Å². The number of amides is 2. The van der Waals surface area contributed by atoms with E-state index in [9.17, 15) is 14.0 Å². The first kappa shape index (κ1) is 16.3. The van der Waals surface area contributed by atoms with Crippen molar-refractivity contribution < 1.29 is 18.7 Å². The summed E-state index contributed by atoms with van der Waals surface area (Å²) in [7, 11) is 0. The largest absolute Gasteiger partial charge is 0.478 e. The van der Waals surface area contributed by atoms with E-state index in [0.717, 1.165) is 0 Å². The van der Waals surface area contributed by atoms with E-state index in [1.807, 2.05) is 0 Å². The Morgan fingerprint density at radius 1 is 1.17 bits per heavy atom. The summed E-state index contributed by atoms with van der Waals surface area (Å²) in [5.41, 5.74) is 5.08. The summed E-state index contributed by atoms with van der Waals surface area (Å²) in [6.45, 7) is 3.16. The van der Waals surface area contributed by atoms with Crippen LogP contribution in [0.1, 0.15) is 23.1 Å². The molecular formula is C15H15FN4O3. The topological polar surface area (TPSA) is 93.2 Å². The summed E-state index contributed by atoms with van der Waals surface area (Å²) < 4.78 is 18.6. The maximum Gasteiger partial charge on any atom is 0.289 e. The first-order chi connectivity index (χ1) is 11.0. The van der Waals surface area contributed by atoms with E-state index < -0.39 is 23.7 Å². The summed E-state index contributed by atoms with van der Waals surface area (Å²) >= 11 is 0. The maximum absolute atomic E-state index is 13.4. The summed E-state index contributed by atoms with van der Waals surface area (Å²) in [4.78, 5) is 31.4. The number of halogens is 1. The molecule has 1 aromatic heterocycles. The predicted molar refractivity (Wildman–Crippen MR) is 78.9 cm³/mol. The number of nitrogens with one attached hydrogen (secondary N) is 2. The van der Waals surface area contributed by atoms with Gasteiger partial charge in [-0.25, -0.2) is 9.37 Å². The van der Waals surface area contributed by atoms with Gasteiger partial charge in [0.05, 0.1) is 11.9 Å². The van der Waals surface area contributed by atoms with Gasteiger partial charge in [0.2, 0.25) is 0 Å². The second kappa shape index (κ2) is 7.30. The highest BCUT2D eigenvalue weighted by Gasteiger charge is 2.17. The molecule has 1 atom stereocenters. The van der Waals surface area contributed by atoms with Crippen LogP contribution in [0.25, 0.3) is 0 Å². The highest BCUT2D eigenvalue weighted by Crippen LogP contribution is 2.16. The standard InChI is InChI=1S/C15H15FN4O3/c1-9-7-18-12(8-17-9)15(22)20-19-14(21)10(2)23-13-6-4-3-5-11(13)16/h3-8,10H,1-2H3,(H,19,21)(H,20,22). The average molecular weight is 318 g/mol. The molecule has 2 aromatic rings. The number of rotatable bonds is 4. The Bertz CT molecular complexity index is 706. The molecule has 23 heavy (non-hydrogen) atoms. The van der Waals surface area contributed by atoms with Crippen molar-refractivity contribution in [3.63, 3.8) is 0 Å². The zero-order valence-corrected chi connectivity index (χ0v) is 12.5. The molecule has 0 saturated heterocycles. The SMILES string of the molecule is Cc1cnc(C(=O)NNC(=O)C(C)Oc2ccccc2F)cn1. The molecule has 0 aliphatic heterocycles. The van der Waals surface area contributed by atoms with Crippen LogP contribution in [-0.4, -0.2) is 27.9 Å². The molecular weight excluding hydrogens is 303 g/mol. The molecule has 0 spiro atoms. The lowest BCUT2D eigenvalue weighted by Gasteiger charge is -2.15. The van der Waals surface area contributed by atoms with Gasteiger partial charge in [-0.2, -0.15) is 0 Å². The van der Waals surface area contributed by atoms with Gasteiger partial charge in [0.25, 0.3) is 11.8 Å². The van der Waals surface area contributed by atoms with Crippen LogP contribution < -0.4 is 15.6 Å². The summed E-state index contributed by atoms with van der Waals surface area (Å²) in [6, 6.07) is 5.72. The van der Waals surface area contributed by atoms with E-state index in [0.29, 0.717) is 5.69 Å². The number of hydrazine groups is 1. The smallest absolute Gasteiger partial charge is 0.289 e.